The first-order valence-corrected chi connectivity index (χ1v) is 5.33. The maximum atomic E-state index is 5.57. The second-order valence-electron chi connectivity index (χ2n) is 4.64. The summed E-state index contributed by atoms with van der Waals surface area (Å²) in [6.45, 7) is 3.65. The molecule has 1 nitrogen and oxygen atoms in total. The van der Waals surface area contributed by atoms with Crippen molar-refractivity contribution in [2.45, 2.75) is 25.4 Å². The summed E-state index contributed by atoms with van der Waals surface area (Å²) in [5, 5.41) is 0. The standard InChI is InChI=1S/C12H16O/c1-2-13-12-7-8-6-11(12)10-5-3-4-9(8)10/h2-3,5,8-12H,1,4,6-7H2/t8-,9-,10-,11-,12+/m0/s1. The van der Waals surface area contributed by atoms with Crippen molar-refractivity contribution in [1.29, 1.82) is 0 Å². The molecule has 5 atom stereocenters. The monoisotopic (exact) mass is 176 g/mol. The molecule has 0 radical (unpaired) electrons. The molecule has 0 N–H and O–H groups in total. The minimum Gasteiger partial charge on any atom is -0.498 e. The van der Waals surface area contributed by atoms with Crippen LogP contribution in [0.2, 0.25) is 0 Å². The molecule has 0 aromatic heterocycles. The van der Waals surface area contributed by atoms with E-state index < -0.39 is 0 Å². The highest BCUT2D eigenvalue weighted by Gasteiger charge is 2.53. The molecule has 0 aromatic rings. The van der Waals surface area contributed by atoms with Gasteiger partial charge in [-0.3, -0.25) is 0 Å². The summed E-state index contributed by atoms with van der Waals surface area (Å²) in [6, 6.07) is 0. The van der Waals surface area contributed by atoms with Crippen molar-refractivity contribution < 1.29 is 4.74 Å². The summed E-state index contributed by atoms with van der Waals surface area (Å²) >= 11 is 0. The van der Waals surface area contributed by atoms with Gasteiger partial charge in [-0.25, -0.2) is 0 Å². The van der Waals surface area contributed by atoms with Crippen LogP contribution in [-0.4, -0.2) is 6.10 Å². The zero-order chi connectivity index (χ0) is 8.84. The van der Waals surface area contributed by atoms with E-state index in [0.717, 1.165) is 23.7 Å². The van der Waals surface area contributed by atoms with Gasteiger partial charge in [-0.2, -0.15) is 0 Å². The van der Waals surface area contributed by atoms with Crippen molar-refractivity contribution in [2.75, 3.05) is 0 Å². The second-order valence-corrected chi connectivity index (χ2v) is 4.64. The van der Waals surface area contributed by atoms with Crippen LogP contribution in [0.5, 0.6) is 0 Å². The highest BCUT2D eigenvalue weighted by molar-refractivity contribution is 5.14. The summed E-state index contributed by atoms with van der Waals surface area (Å²) in [7, 11) is 0. The Labute approximate surface area is 79.5 Å². The molecule has 0 heterocycles. The van der Waals surface area contributed by atoms with E-state index in [0.29, 0.717) is 6.10 Å². The molecular weight excluding hydrogens is 160 g/mol. The number of fused-ring (bicyclic) bond motifs is 5. The SMILES string of the molecule is C=CO[C@@H]1C[C@@H]2C[C@H]1[C@H]1C=CC[C@@H]21. The maximum absolute atomic E-state index is 5.57. The molecule has 0 unspecified atom stereocenters. The molecule has 3 aliphatic carbocycles. The molecule has 2 saturated carbocycles. The zero-order valence-corrected chi connectivity index (χ0v) is 7.86. The van der Waals surface area contributed by atoms with Crippen molar-refractivity contribution >= 4 is 0 Å². The third-order valence-corrected chi connectivity index (χ3v) is 4.22. The molecule has 2 bridgehead atoms. The average Bonchev–Trinajstić information content (AvgIpc) is 2.72. The molecule has 3 rings (SSSR count). The Morgan fingerprint density at radius 2 is 2.23 bits per heavy atom. The number of hydrogen-bond acceptors (Lipinski definition) is 1. The van der Waals surface area contributed by atoms with Gasteiger partial charge in [0.25, 0.3) is 0 Å². The van der Waals surface area contributed by atoms with Crippen LogP contribution in [0.1, 0.15) is 19.3 Å². The first kappa shape index (κ1) is 7.66. The molecule has 0 aromatic carbocycles. The van der Waals surface area contributed by atoms with Crippen molar-refractivity contribution in [2.24, 2.45) is 23.7 Å². The Hall–Kier alpha value is -0.720. The molecule has 0 saturated heterocycles. The number of rotatable bonds is 2. The lowest BCUT2D eigenvalue weighted by molar-refractivity contribution is 0.0583. The lowest BCUT2D eigenvalue weighted by Crippen LogP contribution is -2.29. The van der Waals surface area contributed by atoms with Crippen molar-refractivity contribution in [3.63, 3.8) is 0 Å². The zero-order valence-electron chi connectivity index (χ0n) is 7.86. The third-order valence-electron chi connectivity index (χ3n) is 4.22. The van der Waals surface area contributed by atoms with Gasteiger partial charge in [-0.1, -0.05) is 18.7 Å². The molecule has 2 fully saturated rings. The van der Waals surface area contributed by atoms with E-state index in [4.69, 9.17) is 4.74 Å². The van der Waals surface area contributed by atoms with E-state index in [9.17, 15) is 0 Å². The van der Waals surface area contributed by atoms with E-state index in [1.807, 2.05) is 0 Å². The molecular formula is C12H16O. The third kappa shape index (κ3) is 0.932. The topological polar surface area (TPSA) is 9.23 Å². The summed E-state index contributed by atoms with van der Waals surface area (Å²) in [5.74, 6) is 3.54. The van der Waals surface area contributed by atoms with Crippen molar-refractivity contribution in [3.05, 3.63) is 25.0 Å². The molecule has 1 heteroatoms. The smallest absolute Gasteiger partial charge is 0.101 e. The molecule has 0 amide bonds. The Morgan fingerprint density at radius 3 is 3.08 bits per heavy atom. The summed E-state index contributed by atoms with van der Waals surface area (Å²) in [5.41, 5.74) is 0. The Morgan fingerprint density at radius 1 is 1.31 bits per heavy atom. The molecule has 70 valence electrons. The highest BCUT2D eigenvalue weighted by atomic mass is 16.5. The fourth-order valence-corrected chi connectivity index (χ4v) is 3.77. The van der Waals surface area contributed by atoms with Crippen LogP contribution in [-0.2, 0) is 4.74 Å². The van der Waals surface area contributed by atoms with Crippen molar-refractivity contribution in [1.82, 2.24) is 0 Å². The highest BCUT2D eigenvalue weighted by Crippen LogP contribution is 2.57. The number of ether oxygens (including phenoxy) is 1. The lowest BCUT2D eigenvalue weighted by Gasteiger charge is -2.30. The number of allylic oxidation sites excluding steroid dienone is 2. The first-order valence-electron chi connectivity index (χ1n) is 5.33. The Balaban J connectivity index is 1.81. The fraction of sp³-hybridized carbons (Fsp3) is 0.667. The molecule has 0 spiro atoms. The molecule has 0 aliphatic heterocycles. The molecule has 3 aliphatic rings. The fourth-order valence-electron chi connectivity index (χ4n) is 3.77. The predicted octanol–water partition coefficient (Wildman–Crippen LogP) is 2.75. The first-order chi connectivity index (χ1) is 6.40. The molecule has 13 heavy (non-hydrogen) atoms. The van der Waals surface area contributed by atoms with E-state index in [1.54, 1.807) is 6.26 Å². The number of hydrogen-bond donors (Lipinski definition) is 0. The van der Waals surface area contributed by atoms with Crippen LogP contribution in [0, 0.1) is 23.7 Å². The van der Waals surface area contributed by atoms with Gasteiger partial charge < -0.3 is 4.74 Å². The van der Waals surface area contributed by atoms with E-state index in [2.05, 4.69) is 18.7 Å². The average molecular weight is 176 g/mol. The Bertz CT molecular complexity index is 256. The van der Waals surface area contributed by atoms with Crippen LogP contribution in [0.3, 0.4) is 0 Å². The van der Waals surface area contributed by atoms with Crippen LogP contribution in [0.15, 0.2) is 25.0 Å². The lowest BCUT2D eigenvalue weighted by atomic mass is 9.80. The normalized spacial score (nSPS) is 50.9. The minimum atomic E-state index is 0.478. The van der Waals surface area contributed by atoms with Gasteiger partial charge in [0, 0.05) is 5.92 Å². The van der Waals surface area contributed by atoms with E-state index in [1.165, 1.54) is 19.3 Å². The van der Waals surface area contributed by atoms with Gasteiger partial charge in [0.2, 0.25) is 0 Å². The van der Waals surface area contributed by atoms with Crippen LogP contribution in [0.4, 0.5) is 0 Å². The van der Waals surface area contributed by atoms with Gasteiger partial charge in [-0.05, 0) is 37.0 Å². The minimum absolute atomic E-state index is 0.478. The van der Waals surface area contributed by atoms with Crippen LogP contribution >= 0.6 is 0 Å². The summed E-state index contributed by atoms with van der Waals surface area (Å²) in [6.07, 6.45) is 10.9. The predicted molar refractivity (Wildman–Crippen MR) is 52.0 cm³/mol. The van der Waals surface area contributed by atoms with Gasteiger partial charge >= 0.3 is 0 Å². The van der Waals surface area contributed by atoms with E-state index >= 15 is 0 Å². The maximum Gasteiger partial charge on any atom is 0.101 e. The van der Waals surface area contributed by atoms with Gasteiger partial charge in [0.1, 0.15) is 6.10 Å². The van der Waals surface area contributed by atoms with Crippen molar-refractivity contribution in [3.8, 4) is 0 Å². The van der Waals surface area contributed by atoms with Crippen LogP contribution < -0.4 is 0 Å². The quantitative estimate of drug-likeness (QED) is 0.464. The summed E-state index contributed by atoms with van der Waals surface area (Å²) < 4.78 is 5.57. The van der Waals surface area contributed by atoms with Gasteiger partial charge in [-0.15, -0.1) is 0 Å². The van der Waals surface area contributed by atoms with Gasteiger partial charge in [0.15, 0.2) is 0 Å². The van der Waals surface area contributed by atoms with E-state index in [-0.39, 0.29) is 0 Å². The summed E-state index contributed by atoms with van der Waals surface area (Å²) in [4.78, 5) is 0. The largest absolute Gasteiger partial charge is 0.498 e. The van der Waals surface area contributed by atoms with Gasteiger partial charge in [0.05, 0.1) is 6.26 Å². The second kappa shape index (κ2) is 2.63. The Kier molecular flexibility index (Phi) is 1.55. The van der Waals surface area contributed by atoms with Crippen LogP contribution in [0.25, 0.3) is 0 Å².